The third-order valence-electron chi connectivity index (χ3n) is 4.64. The third-order valence-corrected chi connectivity index (χ3v) is 4.64. The molecule has 1 amide bonds. The lowest BCUT2D eigenvalue weighted by atomic mass is 9.98. The van der Waals surface area contributed by atoms with Gasteiger partial charge in [-0.05, 0) is 51.2 Å². The summed E-state index contributed by atoms with van der Waals surface area (Å²) < 4.78 is 15.0. The number of aromatic nitrogens is 1. The summed E-state index contributed by atoms with van der Waals surface area (Å²) in [5, 5.41) is 2.95. The van der Waals surface area contributed by atoms with Crippen molar-refractivity contribution in [3.8, 4) is 0 Å². The second kappa shape index (κ2) is 8.26. The number of benzene rings is 1. The summed E-state index contributed by atoms with van der Waals surface area (Å²) >= 11 is 0. The molecule has 1 aromatic carbocycles. The molecule has 138 valence electrons. The smallest absolute Gasteiger partial charge is 0.260 e. The van der Waals surface area contributed by atoms with Crippen LogP contribution in [-0.4, -0.2) is 10.9 Å². The Bertz CT molecular complexity index is 831. The Morgan fingerprint density at radius 1 is 1.15 bits per heavy atom. The highest BCUT2D eigenvalue weighted by atomic mass is 19.1. The molecule has 1 aromatic heterocycles. The number of allylic oxidation sites excluding steroid dienone is 1. The number of nitrogens with one attached hydrogen (secondary N) is 1. The summed E-state index contributed by atoms with van der Waals surface area (Å²) in [7, 11) is 0. The van der Waals surface area contributed by atoms with E-state index in [0.717, 1.165) is 35.2 Å². The minimum absolute atomic E-state index is 0.0112. The molecule has 26 heavy (non-hydrogen) atoms. The molecule has 0 aliphatic heterocycles. The van der Waals surface area contributed by atoms with Crippen LogP contribution >= 0.6 is 0 Å². The molecule has 0 spiro atoms. The number of pyridine rings is 1. The van der Waals surface area contributed by atoms with Crippen molar-refractivity contribution >= 4 is 11.6 Å². The van der Waals surface area contributed by atoms with Crippen LogP contribution in [0.2, 0.25) is 0 Å². The Hall–Kier alpha value is -2.49. The van der Waals surface area contributed by atoms with Crippen LogP contribution < -0.4 is 5.32 Å². The average molecular weight is 354 g/mol. The molecule has 1 heterocycles. The first-order valence-electron chi connectivity index (χ1n) is 9.04. The van der Waals surface area contributed by atoms with Gasteiger partial charge in [0.25, 0.3) is 5.91 Å². The summed E-state index contributed by atoms with van der Waals surface area (Å²) in [5.74, 6) is -0.957. The quantitative estimate of drug-likeness (QED) is 0.720. The maximum Gasteiger partial charge on any atom is 0.260 e. The standard InChI is InChI=1S/C22H27FN2O/c1-7-10-18-14(5)24-15(6)19(20(18)23)22(26)25-21-16(8-2)11-13(4)12-17(21)9-3/h7,11-12H,1,8-10H2,2-6H3,(H,25,26). The Balaban J connectivity index is 2.52. The molecule has 0 aliphatic rings. The van der Waals surface area contributed by atoms with Crippen LogP contribution in [0.1, 0.15) is 57.8 Å². The number of carbonyl (C=O) groups is 1. The summed E-state index contributed by atoms with van der Waals surface area (Å²) in [6.45, 7) is 13.2. The van der Waals surface area contributed by atoms with E-state index in [4.69, 9.17) is 0 Å². The van der Waals surface area contributed by atoms with Crippen LogP contribution in [0.5, 0.6) is 0 Å². The van der Waals surface area contributed by atoms with E-state index in [9.17, 15) is 4.79 Å². The van der Waals surface area contributed by atoms with Crippen LogP contribution in [-0.2, 0) is 19.3 Å². The highest BCUT2D eigenvalue weighted by molar-refractivity contribution is 6.06. The van der Waals surface area contributed by atoms with E-state index in [1.54, 1.807) is 19.9 Å². The van der Waals surface area contributed by atoms with E-state index in [1.807, 2.05) is 20.8 Å². The summed E-state index contributed by atoms with van der Waals surface area (Å²) in [6.07, 6.45) is 3.55. The maximum absolute atomic E-state index is 15.0. The first kappa shape index (κ1) is 19.8. The molecule has 0 unspecified atom stereocenters. The van der Waals surface area contributed by atoms with Crippen molar-refractivity contribution in [1.29, 1.82) is 0 Å². The van der Waals surface area contributed by atoms with Gasteiger partial charge < -0.3 is 5.32 Å². The SMILES string of the molecule is C=CCc1c(C)nc(C)c(C(=O)Nc2c(CC)cc(C)cc2CC)c1F. The minimum Gasteiger partial charge on any atom is -0.321 e. The lowest BCUT2D eigenvalue weighted by Crippen LogP contribution is -2.20. The van der Waals surface area contributed by atoms with Gasteiger partial charge >= 0.3 is 0 Å². The van der Waals surface area contributed by atoms with Gasteiger partial charge in [0.15, 0.2) is 0 Å². The van der Waals surface area contributed by atoms with Gasteiger partial charge in [0.05, 0.1) is 11.3 Å². The highest BCUT2D eigenvalue weighted by Crippen LogP contribution is 2.27. The van der Waals surface area contributed by atoms with Crippen LogP contribution in [0, 0.1) is 26.6 Å². The van der Waals surface area contributed by atoms with Crippen LogP contribution in [0.3, 0.4) is 0 Å². The number of rotatable bonds is 6. The Kier molecular flexibility index (Phi) is 6.30. The molecule has 0 bridgehead atoms. The molecule has 3 nitrogen and oxygen atoms in total. The Morgan fingerprint density at radius 2 is 1.73 bits per heavy atom. The van der Waals surface area contributed by atoms with Gasteiger partial charge in [-0.15, -0.1) is 6.58 Å². The van der Waals surface area contributed by atoms with E-state index in [0.29, 0.717) is 23.4 Å². The number of aryl methyl sites for hydroxylation is 5. The molecule has 0 saturated carbocycles. The molecule has 0 fully saturated rings. The fourth-order valence-corrected chi connectivity index (χ4v) is 3.33. The molecule has 2 aromatic rings. The maximum atomic E-state index is 15.0. The number of nitrogens with zero attached hydrogens (tertiary/aromatic N) is 1. The lowest BCUT2D eigenvalue weighted by Gasteiger charge is -2.18. The topological polar surface area (TPSA) is 42.0 Å². The van der Waals surface area contributed by atoms with Gasteiger partial charge in [-0.3, -0.25) is 9.78 Å². The van der Waals surface area contributed by atoms with Crippen LogP contribution in [0.4, 0.5) is 10.1 Å². The second-order valence-corrected chi connectivity index (χ2v) is 6.56. The summed E-state index contributed by atoms with van der Waals surface area (Å²) in [5.41, 5.74) is 5.48. The fraction of sp³-hybridized carbons (Fsp3) is 0.364. The van der Waals surface area contributed by atoms with E-state index in [1.165, 1.54) is 0 Å². The highest BCUT2D eigenvalue weighted by Gasteiger charge is 2.22. The van der Waals surface area contributed by atoms with Gasteiger partial charge in [0.2, 0.25) is 0 Å². The zero-order valence-electron chi connectivity index (χ0n) is 16.3. The van der Waals surface area contributed by atoms with Crippen molar-refractivity contribution in [2.45, 2.75) is 53.9 Å². The van der Waals surface area contributed by atoms with Gasteiger partial charge in [0.1, 0.15) is 5.82 Å². The number of hydrogen-bond donors (Lipinski definition) is 1. The third kappa shape index (κ3) is 3.85. The monoisotopic (exact) mass is 354 g/mol. The van der Waals surface area contributed by atoms with Crippen molar-refractivity contribution in [3.05, 3.63) is 69.8 Å². The largest absolute Gasteiger partial charge is 0.321 e. The summed E-state index contributed by atoms with van der Waals surface area (Å²) in [6, 6.07) is 4.13. The zero-order valence-corrected chi connectivity index (χ0v) is 16.3. The average Bonchev–Trinajstić information content (AvgIpc) is 2.59. The van der Waals surface area contributed by atoms with E-state index in [2.05, 4.69) is 29.0 Å². The number of anilines is 1. The molecule has 4 heteroatoms. The Labute approximate surface area is 155 Å². The van der Waals surface area contributed by atoms with Crippen molar-refractivity contribution in [2.75, 3.05) is 5.32 Å². The van der Waals surface area contributed by atoms with Crippen LogP contribution in [0.25, 0.3) is 0 Å². The number of hydrogen-bond acceptors (Lipinski definition) is 2. The van der Waals surface area contributed by atoms with Crippen LogP contribution in [0.15, 0.2) is 24.8 Å². The molecule has 1 N–H and O–H groups in total. The fourth-order valence-electron chi connectivity index (χ4n) is 3.33. The lowest BCUT2D eigenvalue weighted by molar-refractivity contribution is 0.102. The van der Waals surface area contributed by atoms with Gasteiger partial charge in [0, 0.05) is 16.9 Å². The molecule has 0 radical (unpaired) electrons. The minimum atomic E-state index is -0.504. The van der Waals surface area contributed by atoms with Gasteiger partial charge in [-0.1, -0.05) is 37.6 Å². The first-order valence-corrected chi connectivity index (χ1v) is 9.04. The molecular weight excluding hydrogens is 327 g/mol. The number of halogens is 1. The normalized spacial score (nSPS) is 10.7. The molecular formula is C22H27FN2O. The molecule has 0 atom stereocenters. The second-order valence-electron chi connectivity index (χ2n) is 6.56. The first-order chi connectivity index (χ1) is 12.3. The number of amides is 1. The van der Waals surface area contributed by atoms with E-state index in [-0.39, 0.29) is 5.56 Å². The molecule has 0 aliphatic carbocycles. The molecule has 0 saturated heterocycles. The number of carbonyl (C=O) groups excluding carboxylic acids is 1. The predicted octanol–water partition coefficient (Wildman–Crippen LogP) is 5.25. The summed E-state index contributed by atoms with van der Waals surface area (Å²) in [4.78, 5) is 17.3. The Morgan fingerprint density at radius 3 is 2.23 bits per heavy atom. The zero-order chi connectivity index (χ0) is 19.4. The van der Waals surface area contributed by atoms with E-state index < -0.39 is 11.7 Å². The van der Waals surface area contributed by atoms with Gasteiger partial charge in [-0.2, -0.15) is 0 Å². The van der Waals surface area contributed by atoms with Crippen molar-refractivity contribution in [3.63, 3.8) is 0 Å². The van der Waals surface area contributed by atoms with E-state index >= 15 is 4.39 Å². The van der Waals surface area contributed by atoms with Crippen molar-refractivity contribution in [2.24, 2.45) is 0 Å². The van der Waals surface area contributed by atoms with Crippen molar-refractivity contribution < 1.29 is 9.18 Å². The van der Waals surface area contributed by atoms with Gasteiger partial charge in [-0.25, -0.2) is 4.39 Å². The molecule has 2 rings (SSSR count). The predicted molar refractivity (Wildman–Crippen MR) is 105 cm³/mol. The van der Waals surface area contributed by atoms with Crippen molar-refractivity contribution in [1.82, 2.24) is 4.98 Å².